The zero-order chi connectivity index (χ0) is 39.8. The van der Waals surface area contributed by atoms with Crippen LogP contribution in [0.25, 0.3) is 0 Å². The van der Waals surface area contributed by atoms with Crippen molar-refractivity contribution in [2.45, 2.75) is 30.2 Å². The molecule has 3 aromatic carbocycles. The van der Waals surface area contributed by atoms with Gasteiger partial charge in [-0.2, -0.15) is 0 Å². The van der Waals surface area contributed by atoms with E-state index in [2.05, 4.69) is 0 Å². The summed E-state index contributed by atoms with van der Waals surface area (Å²) < 4.78 is 152. The number of aliphatic hydroxyl groups is 1. The first-order chi connectivity index (χ1) is 23.5. The van der Waals surface area contributed by atoms with Crippen LogP contribution in [0, 0.1) is 0 Å². The first-order valence-electron chi connectivity index (χ1n) is 19.2. The number of nitrogens with zero attached hydrogens (tertiary/aromatic N) is 2. The molecular formula is C29H33ClN2O2. The topological polar surface area (TPSA) is 43.8 Å². The van der Waals surface area contributed by atoms with Crippen molar-refractivity contribution in [3.63, 3.8) is 0 Å². The smallest absolute Gasteiger partial charge is 0.237 e. The number of hydrogen-bond donors (Lipinski definition) is 1. The van der Waals surface area contributed by atoms with E-state index < -0.39 is 104 Å². The van der Waals surface area contributed by atoms with Crippen LogP contribution in [0.5, 0.6) is 0 Å². The van der Waals surface area contributed by atoms with E-state index in [1.54, 1.807) is 0 Å². The van der Waals surface area contributed by atoms with Gasteiger partial charge in [-0.15, -0.1) is 0 Å². The van der Waals surface area contributed by atoms with Gasteiger partial charge in [0.2, 0.25) is 5.91 Å². The summed E-state index contributed by atoms with van der Waals surface area (Å²) in [6.45, 7) is -15.9. The van der Waals surface area contributed by atoms with E-state index in [0.717, 1.165) is 0 Å². The van der Waals surface area contributed by atoms with Gasteiger partial charge in [0.25, 0.3) is 0 Å². The summed E-state index contributed by atoms with van der Waals surface area (Å²) in [4.78, 5) is 14.4. The number of likely N-dealkylation sites (N-methyl/N-ethyl adjacent to an activating group) is 1. The second-order valence-electron chi connectivity index (χ2n) is 7.55. The third kappa shape index (κ3) is 4.90. The Kier molecular flexibility index (Phi) is 3.19. The molecule has 0 unspecified atom stereocenters. The van der Waals surface area contributed by atoms with Crippen LogP contribution in [-0.2, 0) is 15.8 Å². The van der Waals surface area contributed by atoms with E-state index in [-0.39, 0.29) is 20.9 Å². The molecule has 1 aliphatic rings. The van der Waals surface area contributed by atoms with E-state index in [0.29, 0.717) is 0 Å². The third-order valence-electron chi connectivity index (χ3n) is 5.51. The average Bonchev–Trinajstić information content (AvgIpc) is 3.03. The Balaban J connectivity index is 2.03. The van der Waals surface area contributed by atoms with Gasteiger partial charge in [-0.25, -0.2) is 0 Å². The molecule has 0 atom stereocenters. The normalized spacial score (nSPS) is 30.6. The number of carbonyl (C=O) groups excluding carboxylic acids is 1. The predicted molar refractivity (Wildman–Crippen MR) is 138 cm³/mol. The van der Waals surface area contributed by atoms with Gasteiger partial charge in [0.15, 0.2) is 0 Å². The van der Waals surface area contributed by atoms with Crippen molar-refractivity contribution >= 4 is 17.5 Å². The maximum Gasteiger partial charge on any atom is 0.237 e. The van der Waals surface area contributed by atoms with Crippen LogP contribution in [0.4, 0.5) is 0 Å². The van der Waals surface area contributed by atoms with Crippen LogP contribution < -0.4 is 0 Å². The minimum absolute atomic E-state index is 0.0315. The average molecular weight is 495 g/mol. The lowest BCUT2D eigenvalue weighted by Gasteiger charge is -2.41. The maximum absolute atomic E-state index is 14.7. The predicted octanol–water partition coefficient (Wildman–Crippen LogP) is 5.09. The molecule has 1 amide bonds. The maximum atomic E-state index is 14.7. The molecule has 0 saturated carbocycles. The first-order valence-corrected chi connectivity index (χ1v) is 10.6. The van der Waals surface area contributed by atoms with Crippen LogP contribution in [0.2, 0.25) is 5.02 Å². The summed E-state index contributed by atoms with van der Waals surface area (Å²) in [7, 11) is 0. The minimum Gasteiger partial charge on any atom is -0.385 e. The first kappa shape index (κ1) is 10.5. The Bertz CT molecular complexity index is 1720. The van der Waals surface area contributed by atoms with Crippen molar-refractivity contribution in [1.82, 2.24) is 9.80 Å². The van der Waals surface area contributed by atoms with E-state index in [1.807, 2.05) is 0 Å². The molecular weight excluding hydrogens is 444 g/mol. The van der Waals surface area contributed by atoms with Crippen LogP contribution in [-0.4, -0.2) is 54.3 Å². The molecule has 1 aliphatic heterocycles. The SMILES string of the molecule is [2H]c1c([2H])c(C2(O)C([2H])([2H])C([2H])([2H])N(CCC(C(=O)N(C([2H])([2H])[2H])C([2H])([2H])[2H])(c3ccccc3)c3ccccc3)C([2H])([2H])C2([2H])[2H])c([2H])c([2H])c1Cl. The summed E-state index contributed by atoms with van der Waals surface area (Å²) >= 11 is 5.87. The van der Waals surface area contributed by atoms with Gasteiger partial charge in [-0.1, -0.05) is 84.3 Å². The van der Waals surface area contributed by atoms with Gasteiger partial charge in [0.1, 0.15) is 5.41 Å². The van der Waals surface area contributed by atoms with Gasteiger partial charge < -0.3 is 14.9 Å². The van der Waals surface area contributed by atoms with Crippen LogP contribution >= 0.6 is 11.6 Å². The van der Waals surface area contributed by atoms with Crippen molar-refractivity contribution in [2.24, 2.45) is 0 Å². The molecule has 1 heterocycles. The number of likely N-dealkylation sites (tertiary alicyclic amines) is 1. The van der Waals surface area contributed by atoms with Gasteiger partial charge in [0.05, 0.1) is 11.1 Å². The fourth-order valence-corrected chi connectivity index (χ4v) is 3.89. The van der Waals surface area contributed by atoms with Crippen LogP contribution in [0.15, 0.2) is 84.8 Å². The molecule has 0 bridgehead atoms. The summed E-state index contributed by atoms with van der Waals surface area (Å²) in [5.41, 5.74) is -7.94. The molecule has 0 aromatic heterocycles. The summed E-state index contributed by atoms with van der Waals surface area (Å²) in [5.74, 6) is -1.55. The number of piperidine rings is 1. The van der Waals surface area contributed by atoms with Crippen LogP contribution in [0.3, 0.4) is 0 Å². The van der Waals surface area contributed by atoms with Crippen molar-refractivity contribution < 1.29 is 34.6 Å². The highest BCUT2D eigenvalue weighted by atomic mass is 35.5. The number of benzene rings is 3. The highest BCUT2D eigenvalue weighted by Gasteiger charge is 2.43. The molecule has 1 saturated heterocycles. The summed E-state index contributed by atoms with van der Waals surface area (Å²) in [6, 6.07) is 9.63. The van der Waals surface area contributed by atoms with Gasteiger partial charge >= 0.3 is 0 Å². The van der Waals surface area contributed by atoms with E-state index >= 15 is 0 Å². The Morgan fingerprint density at radius 2 is 1.59 bits per heavy atom. The molecule has 0 radical (unpaired) electrons. The minimum atomic E-state index is -4.08. The van der Waals surface area contributed by atoms with Crippen molar-refractivity contribution in [1.29, 1.82) is 0 Å². The highest BCUT2D eigenvalue weighted by Crippen LogP contribution is 2.39. The third-order valence-corrected chi connectivity index (χ3v) is 5.70. The van der Waals surface area contributed by atoms with Crippen LogP contribution in [0.1, 0.15) is 60.5 Å². The Morgan fingerprint density at radius 3 is 2.09 bits per heavy atom. The zero-order valence-corrected chi connectivity index (χ0v) is 18.6. The number of rotatable bonds is 7. The molecule has 1 fully saturated rings. The molecule has 178 valence electrons. The fourth-order valence-electron chi connectivity index (χ4n) is 3.80. The fraction of sp³-hybridized carbons (Fsp3) is 0.345. The van der Waals surface area contributed by atoms with Crippen molar-refractivity contribution in [3.8, 4) is 0 Å². The molecule has 0 aliphatic carbocycles. The summed E-state index contributed by atoms with van der Waals surface area (Å²) in [6.07, 6.45) is -8.94. The number of amides is 1. The summed E-state index contributed by atoms with van der Waals surface area (Å²) in [5, 5.41) is 11.2. The van der Waals surface area contributed by atoms with E-state index in [4.69, 9.17) is 36.3 Å². The lowest BCUT2D eigenvalue weighted by atomic mass is 9.70. The Hall–Kier alpha value is -2.66. The van der Waals surface area contributed by atoms with E-state index in [9.17, 15) is 9.90 Å². The lowest BCUT2D eigenvalue weighted by Crippen LogP contribution is -2.48. The lowest BCUT2D eigenvalue weighted by molar-refractivity contribution is -0.133. The highest BCUT2D eigenvalue weighted by molar-refractivity contribution is 6.30. The molecule has 1 N–H and O–H groups in total. The van der Waals surface area contributed by atoms with Gasteiger partial charge in [-0.05, 0) is 54.5 Å². The molecule has 34 heavy (non-hydrogen) atoms. The standard InChI is InChI=1S/C29H33ClN2O2/c1-31(2)27(33)29(24-9-5-3-6-10-24,25-11-7-4-8-12-25)19-22-32-20-17-28(34,18-21-32)23-13-15-26(30)16-14-23/h3-16,34H,17-22H2,1-2H3/i1D3,2D3,13D,14D,15D,16D,17D2,18D2,20D2,21D2. The second kappa shape index (κ2) is 10.3. The largest absolute Gasteiger partial charge is 0.385 e. The monoisotopic (exact) mass is 494 g/mol. The second-order valence-corrected chi connectivity index (χ2v) is 7.93. The van der Waals surface area contributed by atoms with Crippen molar-refractivity contribution in [2.75, 3.05) is 33.5 Å². The molecule has 4 rings (SSSR count). The van der Waals surface area contributed by atoms with E-state index in [1.165, 1.54) is 60.7 Å². The number of hydrogen-bond acceptors (Lipinski definition) is 3. The zero-order valence-electron chi connectivity index (χ0n) is 35.8. The van der Waals surface area contributed by atoms with Crippen molar-refractivity contribution in [3.05, 3.63) is 107 Å². The molecule has 3 aromatic rings. The van der Waals surface area contributed by atoms with Gasteiger partial charge in [0, 0.05) is 51.2 Å². The Morgan fingerprint density at radius 1 is 1.06 bits per heavy atom. The number of carbonyl (C=O) groups is 1. The molecule has 4 nitrogen and oxygen atoms in total. The number of halogens is 1. The molecule has 0 spiro atoms. The van der Waals surface area contributed by atoms with Gasteiger partial charge in [-0.3, -0.25) is 4.79 Å². The Labute approximate surface area is 233 Å². The quantitative estimate of drug-likeness (QED) is 0.497. The molecule has 5 heteroatoms.